The van der Waals surface area contributed by atoms with E-state index >= 15 is 0 Å². The molecule has 1 fully saturated rings. The van der Waals surface area contributed by atoms with E-state index in [0.717, 1.165) is 11.1 Å². The van der Waals surface area contributed by atoms with Crippen molar-refractivity contribution in [3.63, 3.8) is 0 Å². The van der Waals surface area contributed by atoms with Gasteiger partial charge in [-0.3, -0.25) is 4.79 Å². The van der Waals surface area contributed by atoms with E-state index in [-0.39, 0.29) is 24.7 Å². The van der Waals surface area contributed by atoms with Crippen molar-refractivity contribution in [2.75, 3.05) is 13.1 Å². The average molecular weight is 387 g/mol. The third-order valence-electron chi connectivity index (χ3n) is 4.55. The quantitative estimate of drug-likeness (QED) is 0.672. The molecule has 7 heteroatoms. The van der Waals surface area contributed by atoms with Crippen molar-refractivity contribution in [3.8, 4) is 11.1 Å². The summed E-state index contributed by atoms with van der Waals surface area (Å²) >= 11 is 1.63. The van der Waals surface area contributed by atoms with Crippen LogP contribution < -0.4 is 0 Å². The van der Waals surface area contributed by atoms with Gasteiger partial charge in [-0.1, -0.05) is 12.1 Å². The van der Waals surface area contributed by atoms with Crippen molar-refractivity contribution in [1.82, 2.24) is 4.90 Å². The highest BCUT2D eigenvalue weighted by atomic mass is 32.2. The lowest BCUT2D eigenvalue weighted by Gasteiger charge is -2.38. The van der Waals surface area contributed by atoms with Crippen LogP contribution >= 0.6 is 11.3 Å². The van der Waals surface area contributed by atoms with Crippen molar-refractivity contribution in [1.29, 1.82) is 0 Å². The molecule has 1 amide bonds. The van der Waals surface area contributed by atoms with Crippen LogP contribution in [0.25, 0.3) is 11.1 Å². The molecule has 0 atom stereocenters. The van der Waals surface area contributed by atoms with Crippen LogP contribution in [0.2, 0.25) is 0 Å². The molecule has 26 heavy (non-hydrogen) atoms. The fourth-order valence-electron chi connectivity index (χ4n) is 2.96. The molecule has 0 bridgehead atoms. The van der Waals surface area contributed by atoms with E-state index in [0.29, 0.717) is 11.3 Å². The highest BCUT2D eigenvalue weighted by Gasteiger charge is 2.40. The summed E-state index contributed by atoms with van der Waals surface area (Å²) in [6.45, 7) is 0.461. The second kappa shape index (κ2) is 6.74. The Labute approximate surface area is 155 Å². The molecule has 1 saturated heterocycles. The number of nitrogens with zero attached hydrogens (tertiary/aromatic N) is 1. The Kier molecular flexibility index (Phi) is 4.42. The zero-order valence-electron chi connectivity index (χ0n) is 13.9. The minimum atomic E-state index is -3.32. The van der Waals surface area contributed by atoms with Crippen molar-refractivity contribution >= 4 is 27.1 Å². The fraction of sp³-hybridized carbons (Fsp3) is 0.211. The number of sulfone groups is 1. The van der Waals surface area contributed by atoms with Crippen LogP contribution in [0.5, 0.6) is 0 Å². The summed E-state index contributed by atoms with van der Waals surface area (Å²) < 4.78 is 29.8. The van der Waals surface area contributed by atoms with Crippen molar-refractivity contribution < 1.29 is 17.6 Å². The third kappa shape index (κ3) is 3.32. The van der Waals surface area contributed by atoms with Crippen molar-refractivity contribution in [3.05, 3.63) is 70.8 Å². The number of carbonyl (C=O) groups is 1. The molecule has 3 aromatic rings. The summed E-state index contributed by atoms with van der Waals surface area (Å²) in [5.41, 5.74) is 2.76. The van der Waals surface area contributed by atoms with Crippen LogP contribution in [0, 0.1) is 0 Å². The van der Waals surface area contributed by atoms with Gasteiger partial charge in [0, 0.05) is 18.7 Å². The average Bonchev–Trinajstić information content (AvgIpc) is 3.26. The first-order chi connectivity index (χ1) is 12.5. The minimum absolute atomic E-state index is 0.123. The molecule has 0 unspecified atom stereocenters. The second-order valence-electron chi connectivity index (χ2n) is 6.31. The highest BCUT2D eigenvalue weighted by molar-refractivity contribution is 7.91. The molecule has 4 rings (SSSR count). The lowest BCUT2D eigenvalue weighted by Crippen LogP contribution is -2.57. The SMILES string of the molecule is O=C(c1ccc(-c2ccsc2)cc1)N1CC(S(=O)(=O)Cc2ccco2)C1. The van der Waals surface area contributed by atoms with Gasteiger partial charge in [-0.15, -0.1) is 0 Å². The Bertz CT molecular complexity index is 985. The molecule has 134 valence electrons. The van der Waals surface area contributed by atoms with Gasteiger partial charge >= 0.3 is 0 Å². The van der Waals surface area contributed by atoms with Gasteiger partial charge in [0.15, 0.2) is 9.84 Å². The van der Waals surface area contributed by atoms with E-state index in [1.807, 2.05) is 23.6 Å². The number of likely N-dealkylation sites (tertiary alicyclic amines) is 1. The third-order valence-corrected chi connectivity index (χ3v) is 7.24. The molecule has 0 aliphatic carbocycles. The van der Waals surface area contributed by atoms with Gasteiger partial charge in [-0.05, 0) is 52.2 Å². The van der Waals surface area contributed by atoms with Crippen LogP contribution in [0.3, 0.4) is 0 Å². The van der Waals surface area contributed by atoms with Crippen LogP contribution in [0.15, 0.2) is 63.9 Å². The monoisotopic (exact) mass is 387 g/mol. The number of benzene rings is 1. The number of furan rings is 1. The van der Waals surface area contributed by atoms with Crippen molar-refractivity contribution in [2.24, 2.45) is 0 Å². The summed E-state index contributed by atoms with van der Waals surface area (Å²) in [4.78, 5) is 14.1. The molecule has 0 spiro atoms. The molecule has 1 aromatic carbocycles. The number of hydrogen-bond acceptors (Lipinski definition) is 5. The van der Waals surface area contributed by atoms with Gasteiger partial charge in [0.2, 0.25) is 0 Å². The normalized spacial score (nSPS) is 15.0. The Morgan fingerprint density at radius 2 is 1.88 bits per heavy atom. The summed E-state index contributed by atoms with van der Waals surface area (Å²) in [6.07, 6.45) is 1.46. The molecule has 0 radical (unpaired) electrons. The lowest BCUT2D eigenvalue weighted by molar-refractivity contribution is 0.0659. The fourth-order valence-corrected chi connectivity index (χ4v) is 5.23. The molecular weight excluding hydrogens is 370 g/mol. The minimum Gasteiger partial charge on any atom is -0.468 e. The van der Waals surface area contributed by atoms with E-state index in [9.17, 15) is 13.2 Å². The van der Waals surface area contributed by atoms with Crippen LogP contribution in [-0.4, -0.2) is 37.6 Å². The molecule has 2 aromatic heterocycles. The zero-order valence-corrected chi connectivity index (χ0v) is 15.5. The number of hydrogen-bond donors (Lipinski definition) is 0. The van der Waals surface area contributed by atoms with E-state index in [1.165, 1.54) is 6.26 Å². The van der Waals surface area contributed by atoms with Gasteiger partial charge < -0.3 is 9.32 Å². The van der Waals surface area contributed by atoms with Crippen molar-refractivity contribution in [2.45, 2.75) is 11.0 Å². The van der Waals surface area contributed by atoms with Gasteiger partial charge in [0.05, 0.1) is 11.5 Å². The highest BCUT2D eigenvalue weighted by Crippen LogP contribution is 2.25. The topological polar surface area (TPSA) is 67.6 Å². The molecule has 1 aliphatic rings. The second-order valence-corrected chi connectivity index (χ2v) is 9.37. The predicted molar refractivity (Wildman–Crippen MR) is 101 cm³/mol. The Morgan fingerprint density at radius 3 is 2.50 bits per heavy atom. The first-order valence-corrected chi connectivity index (χ1v) is 10.8. The summed E-state index contributed by atoms with van der Waals surface area (Å²) in [7, 11) is -3.32. The largest absolute Gasteiger partial charge is 0.468 e. The first kappa shape index (κ1) is 17.1. The van der Waals surface area contributed by atoms with Gasteiger partial charge in [0.25, 0.3) is 5.91 Å². The molecule has 1 aliphatic heterocycles. The van der Waals surface area contributed by atoms with E-state index in [1.54, 1.807) is 40.5 Å². The Morgan fingerprint density at radius 1 is 1.12 bits per heavy atom. The predicted octanol–water partition coefficient (Wildman–Crippen LogP) is 3.45. The maximum Gasteiger partial charge on any atom is 0.253 e. The maximum absolute atomic E-state index is 12.5. The molecule has 3 heterocycles. The number of carbonyl (C=O) groups excluding carboxylic acids is 1. The van der Waals surface area contributed by atoms with Gasteiger partial charge in [0.1, 0.15) is 11.5 Å². The van der Waals surface area contributed by atoms with Gasteiger partial charge in [-0.2, -0.15) is 11.3 Å². The summed E-state index contributed by atoms with van der Waals surface area (Å²) in [5.74, 6) is 0.173. The maximum atomic E-state index is 12.5. The van der Waals surface area contributed by atoms with Crippen LogP contribution in [0.4, 0.5) is 0 Å². The molecule has 0 N–H and O–H groups in total. The molecular formula is C19H17NO4S2. The Balaban J connectivity index is 1.38. The lowest BCUT2D eigenvalue weighted by atomic mass is 10.1. The van der Waals surface area contributed by atoms with E-state index < -0.39 is 15.1 Å². The number of rotatable bonds is 5. The van der Waals surface area contributed by atoms with Gasteiger partial charge in [-0.25, -0.2) is 8.42 Å². The number of amides is 1. The van der Waals surface area contributed by atoms with E-state index in [4.69, 9.17) is 4.42 Å². The van der Waals surface area contributed by atoms with Crippen LogP contribution in [0.1, 0.15) is 16.1 Å². The Hall–Kier alpha value is -2.38. The standard InChI is InChI=1S/C19H17NO4S2/c21-19(15-5-3-14(4-6-15)16-7-9-25-12-16)20-10-18(11-20)26(22,23)13-17-2-1-8-24-17/h1-9,12,18H,10-11,13H2. The summed E-state index contributed by atoms with van der Waals surface area (Å²) in [5, 5.41) is 3.54. The van der Waals surface area contributed by atoms with Crippen LogP contribution in [-0.2, 0) is 15.6 Å². The summed E-state index contributed by atoms with van der Waals surface area (Å²) in [6, 6.07) is 12.8. The zero-order chi connectivity index (χ0) is 18.1. The number of thiophene rings is 1. The van der Waals surface area contributed by atoms with E-state index in [2.05, 4.69) is 5.38 Å². The molecule has 0 saturated carbocycles. The first-order valence-electron chi connectivity index (χ1n) is 8.19. The molecule has 5 nitrogen and oxygen atoms in total. The smallest absolute Gasteiger partial charge is 0.253 e.